The number of rotatable bonds is 7. The smallest absolute Gasteiger partial charge is 0.268 e. The van der Waals surface area contributed by atoms with Crippen molar-refractivity contribution < 1.29 is 9.53 Å². The first-order valence-electron chi connectivity index (χ1n) is 9.51. The number of aryl methyl sites for hydroxylation is 1. The zero-order valence-electron chi connectivity index (χ0n) is 17.0. The van der Waals surface area contributed by atoms with Gasteiger partial charge in [0.2, 0.25) is 5.91 Å². The zero-order valence-corrected chi connectivity index (χ0v) is 18.6. The van der Waals surface area contributed by atoms with Gasteiger partial charge in [0.05, 0.1) is 22.8 Å². The Labute approximate surface area is 186 Å². The van der Waals surface area contributed by atoms with Crippen LogP contribution in [0.1, 0.15) is 22.1 Å². The highest BCUT2D eigenvalue weighted by Crippen LogP contribution is 2.17. The Morgan fingerprint density at radius 2 is 2.00 bits per heavy atom. The summed E-state index contributed by atoms with van der Waals surface area (Å²) in [5.41, 5.74) is 2.25. The van der Waals surface area contributed by atoms with Gasteiger partial charge in [-0.25, -0.2) is 9.97 Å². The van der Waals surface area contributed by atoms with Gasteiger partial charge in [0, 0.05) is 18.5 Å². The molecule has 7 nitrogen and oxygen atoms in total. The molecule has 31 heavy (non-hydrogen) atoms. The Hall–Kier alpha value is -3.30. The maximum atomic E-state index is 12.4. The second kappa shape index (κ2) is 9.23. The summed E-state index contributed by atoms with van der Waals surface area (Å²) in [7, 11) is 1.67. The van der Waals surface area contributed by atoms with Gasteiger partial charge in [0.1, 0.15) is 22.9 Å². The quantitative estimate of drug-likeness (QED) is 0.428. The molecule has 1 aromatic carbocycles. The number of amides is 1. The van der Waals surface area contributed by atoms with Crippen molar-refractivity contribution in [2.24, 2.45) is 0 Å². The number of fused-ring (bicyclic) bond motifs is 1. The number of aromatic nitrogens is 3. The number of thiazole rings is 1. The molecule has 0 fully saturated rings. The third-order valence-corrected chi connectivity index (χ3v) is 6.20. The molecule has 0 saturated carbocycles. The summed E-state index contributed by atoms with van der Waals surface area (Å²) < 4.78 is 6.32. The minimum atomic E-state index is -0.188. The summed E-state index contributed by atoms with van der Waals surface area (Å²) >= 11 is 2.95. The fourth-order valence-electron chi connectivity index (χ4n) is 2.90. The molecule has 0 aliphatic heterocycles. The summed E-state index contributed by atoms with van der Waals surface area (Å²) in [4.78, 5) is 37.5. The van der Waals surface area contributed by atoms with E-state index in [1.807, 2.05) is 41.9 Å². The number of ether oxygens (including phenoxy) is 1. The monoisotopic (exact) mass is 452 g/mol. The normalized spacial score (nSPS) is 11.3. The number of benzene rings is 1. The highest BCUT2D eigenvalue weighted by atomic mass is 32.1. The summed E-state index contributed by atoms with van der Waals surface area (Å²) in [5, 5.41) is 4.82. The molecule has 0 bridgehead atoms. The molecule has 0 unspecified atom stereocenters. The van der Waals surface area contributed by atoms with E-state index in [0.717, 1.165) is 22.0 Å². The van der Waals surface area contributed by atoms with Gasteiger partial charge in [-0.15, -0.1) is 22.7 Å². The third kappa shape index (κ3) is 5.25. The molecule has 0 spiro atoms. The molecule has 158 valence electrons. The summed E-state index contributed by atoms with van der Waals surface area (Å²) in [6.07, 6.45) is 3.24. The average Bonchev–Trinajstić information content (AvgIpc) is 3.40. The lowest BCUT2D eigenvalue weighted by molar-refractivity contribution is -0.125. The van der Waals surface area contributed by atoms with Gasteiger partial charge in [-0.3, -0.25) is 9.59 Å². The van der Waals surface area contributed by atoms with E-state index in [-0.39, 0.29) is 18.0 Å². The number of H-pyrrole nitrogens is 1. The number of nitrogens with zero attached hydrogens (tertiary/aromatic N) is 3. The molecule has 3 aromatic heterocycles. The first-order valence-corrected chi connectivity index (χ1v) is 11.3. The molecule has 0 aliphatic carbocycles. The van der Waals surface area contributed by atoms with Crippen LogP contribution in [0, 0.1) is 6.92 Å². The van der Waals surface area contributed by atoms with Crippen LogP contribution in [0.3, 0.4) is 0 Å². The molecule has 9 heteroatoms. The fourth-order valence-corrected chi connectivity index (χ4v) is 4.22. The predicted molar refractivity (Wildman–Crippen MR) is 123 cm³/mol. The molecular weight excluding hydrogens is 432 g/mol. The lowest BCUT2D eigenvalue weighted by Gasteiger charge is -2.14. The van der Waals surface area contributed by atoms with Gasteiger partial charge in [-0.1, -0.05) is 12.1 Å². The standard InChI is InChI=1S/C22H20N4O3S2/c1-14-23-16(13-31-14)12-29-17-6-3-15(4-7-17)5-8-20(27)26(2)11-19-24-18-9-10-30-21(18)22(28)25-19/h3-10,13H,11-12H2,1-2H3,(H,24,25,28)/b8-5+. The van der Waals surface area contributed by atoms with Gasteiger partial charge in [0.15, 0.2) is 0 Å². The van der Waals surface area contributed by atoms with Crippen molar-refractivity contribution in [1.82, 2.24) is 19.9 Å². The van der Waals surface area contributed by atoms with Crippen molar-refractivity contribution in [3.05, 3.63) is 79.6 Å². The highest BCUT2D eigenvalue weighted by Gasteiger charge is 2.10. The second-order valence-corrected chi connectivity index (χ2v) is 8.87. The molecule has 0 radical (unpaired) electrons. The van der Waals surface area contributed by atoms with Crippen LogP contribution in [0.5, 0.6) is 5.75 Å². The van der Waals surface area contributed by atoms with E-state index in [4.69, 9.17) is 4.74 Å². The van der Waals surface area contributed by atoms with Crippen LogP contribution in [0.2, 0.25) is 0 Å². The second-order valence-electron chi connectivity index (χ2n) is 6.89. The lowest BCUT2D eigenvalue weighted by atomic mass is 10.2. The fraction of sp³-hybridized carbons (Fsp3) is 0.182. The van der Waals surface area contributed by atoms with Crippen LogP contribution in [0.25, 0.3) is 16.3 Å². The molecule has 0 atom stereocenters. The maximum absolute atomic E-state index is 12.4. The van der Waals surface area contributed by atoms with Crippen LogP contribution < -0.4 is 10.3 Å². The molecule has 0 saturated heterocycles. The van der Waals surface area contributed by atoms with Crippen molar-refractivity contribution >= 4 is 44.9 Å². The number of thiophene rings is 1. The van der Waals surface area contributed by atoms with E-state index in [1.165, 1.54) is 22.3 Å². The van der Waals surface area contributed by atoms with Crippen LogP contribution in [0.15, 0.2) is 52.0 Å². The first kappa shape index (κ1) is 21.0. The molecular formula is C22H20N4O3S2. The van der Waals surface area contributed by atoms with Crippen molar-refractivity contribution in [3.8, 4) is 5.75 Å². The van der Waals surface area contributed by atoms with E-state index in [9.17, 15) is 9.59 Å². The SMILES string of the molecule is Cc1nc(COc2ccc(/C=C/C(=O)N(C)Cc3nc4ccsc4c(=O)[nH]3)cc2)cs1. The van der Waals surface area contributed by atoms with Gasteiger partial charge < -0.3 is 14.6 Å². The Morgan fingerprint density at radius 3 is 2.74 bits per heavy atom. The van der Waals surface area contributed by atoms with Crippen LogP contribution >= 0.6 is 22.7 Å². The predicted octanol–water partition coefficient (Wildman–Crippen LogP) is 4.00. The Kier molecular flexibility index (Phi) is 6.24. The van der Waals surface area contributed by atoms with Crippen LogP contribution in [-0.4, -0.2) is 32.8 Å². The zero-order chi connectivity index (χ0) is 21.8. The van der Waals surface area contributed by atoms with E-state index in [2.05, 4.69) is 15.0 Å². The van der Waals surface area contributed by atoms with Crippen molar-refractivity contribution in [2.45, 2.75) is 20.1 Å². The number of aromatic amines is 1. The van der Waals surface area contributed by atoms with Crippen LogP contribution in [0.4, 0.5) is 0 Å². The Bertz CT molecular complexity index is 1290. The Morgan fingerprint density at radius 1 is 1.19 bits per heavy atom. The molecule has 4 aromatic rings. The lowest BCUT2D eigenvalue weighted by Crippen LogP contribution is -2.26. The van der Waals surface area contributed by atoms with Crippen molar-refractivity contribution in [3.63, 3.8) is 0 Å². The minimum absolute atomic E-state index is 0.182. The van der Waals surface area contributed by atoms with E-state index in [1.54, 1.807) is 30.5 Å². The summed E-state index contributed by atoms with van der Waals surface area (Å²) in [6, 6.07) is 9.28. The van der Waals surface area contributed by atoms with Gasteiger partial charge >= 0.3 is 0 Å². The number of hydrogen-bond acceptors (Lipinski definition) is 7. The topological polar surface area (TPSA) is 88.2 Å². The first-order chi connectivity index (χ1) is 15.0. The number of nitrogens with one attached hydrogen (secondary N) is 1. The third-order valence-electron chi connectivity index (χ3n) is 4.48. The molecule has 1 N–H and O–H groups in total. The molecule has 1 amide bonds. The number of carbonyl (C=O) groups is 1. The largest absolute Gasteiger partial charge is 0.487 e. The maximum Gasteiger partial charge on any atom is 0.268 e. The molecule has 0 aliphatic rings. The average molecular weight is 453 g/mol. The number of hydrogen-bond donors (Lipinski definition) is 1. The summed E-state index contributed by atoms with van der Waals surface area (Å²) in [6.45, 7) is 2.61. The van der Waals surface area contributed by atoms with E-state index < -0.39 is 0 Å². The van der Waals surface area contributed by atoms with Crippen molar-refractivity contribution in [1.29, 1.82) is 0 Å². The van der Waals surface area contributed by atoms with Gasteiger partial charge in [-0.05, 0) is 42.1 Å². The van der Waals surface area contributed by atoms with Gasteiger partial charge in [0.25, 0.3) is 5.56 Å². The van der Waals surface area contributed by atoms with E-state index >= 15 is 0 Å². The Balaban J connectivity index is 1.33. The highest BCUT2D eigenvalue weighted by molar-refractivity contribution is 7.17. The molecule has 4 rings (SSSR count). The van der Waals surface area contributed by atoms with Gasteiger partial charge in [-0.2, -0.15) is 0 Å². The summed E-state index contributed by atoms with van der Waals surface area (Å²) in [5.74, 6) is 1.01. The number of carbonyl (C=O) groups excluding carboxylic acids is 1. The van der Waals surface area contributed by atoms with Crippen LogP contribution in [-0.2, 0) is 17.9 Å². The van der Waals surface area contributed by atoms with Crippen molar-refractivity contribution in [2.75, 3.05) is 7.05 Å². The minimum Gasteiger partial charge on any atom is -0.487 e. The number of likely N-dealkylation sites (N-methyl/N-ethyl adjacent to an activating group) is 1. The van der Waals surface area contributed by atoms with E-state index in [0.29, 0.717) is 22.6 Å². The molecule has 3 heterocycles.